The molecule has 1 saturated heterocycles. The third-order valence-corrected chi connectivity index (χ3v) is 2.97. The van der Waals surface area contributed by atoms with Crippen LogP contribution in [0.2, 0.25) is 0 Å². The molecule has 0 radical (unpaired) electrons. The number of hydrogen-bond donors (Lipinski definition) is 0. The molecule has 0 amide bonds. The van der Waals surface area contributed by atoms with Gasteiger partial charge in [-0.1, -0.05) is 0 Å². The molecule has 0 aliphatic carbocycles. The minimum Gasteiger partial charge on any atom is -0.467 e. The summed E-state index contributed by atoms with van der Waals surface area (Å²) in [5.41, 5.74) is -1.13. The maximum absolute atomic E-state index is 11.4. The van der Waals surface area contributed by atoms with E-state index in [2.05, 4.69) is 4.74 Å². The summed E-state index contributed by atoms with van der Waals surface area (Å²) >= 11 is 0. The number of rotatable bonds is 5. The van der Waals surface area contributed by atoms with Crippen molar-refractivity contribution in [3.8, 4) is 0 Å². The number of esters is 1. The van der Waals surface area contributed by atoms with Crippen LogP contribution in [0.3, 0.4) is 0 Å². The molecule has 1 fully saturated rings. The van der Waals surface area contributed by atoms with E-state index in [1.807, 2.05) is 6.92 Å². The Morgan fingerprint density at radius 2 is 2.00 bits per heavy atom. The Labute approximate surface area is 84.5 Å². The lowest BCUT2D eigenvalue weighted by atomic mass is 9.92. The van der Waals surface area contributed by atoms with Gasteiger partial charge in [-0.25, -0.2) is 4.79 Å². The largest absolute Gasteiger partial charge is 0.467 e. The summed E-state index contributed by atoms with van der Waals surface area (Å²) in [5.74, 6) is -0.294. The van der Waals surface area contributed by atoms with Crippen LogP contribution in [0.25, 0.3) is 0 Å². The monoisotopic (exact) mass is 202 g/mol. The molecule has 0 aromatic heterocycles. The first-order valence-corrected chi connectivity index (χ1v) is 4.78. The topological polar surface area (TPSA) is 48.1 Å². The lowest BCUT2D eigenvalue weighted by Crippen LogP contribution is -2.30. The molecule has 2 atom stereocenters. The summed E-state index contributed by atoms with van der Waals surface area (Å²) in [5, 5.41) is 0. The molecular formula is C10H18O4. The molecule has 2 unspecified atom stereocenters. The minimum atomic E-state index is -0.754. The van der Waals surface area contributed by atoms with Gasteiger partial charge in [0.1, 0.15) is 5.60 Å². The standard InChI is InChI=1S/C10H18O4/c1-9(6-5-7-12-3)10(2,14-9)8(11)13-4/h5-7H2,1-4H3. The summed E-state index contributed by atoms with van der Waals surface area (Å²) in [7, 11) is 3.04. The molecular weight excluding hydrogens is 184 g/mol. The van der Waals surface area contributed by atoms with E-state index < -0.39 is 5.60 Å². The van der Waals surface area contributed by atoms with Crippen LogP contribution in [0.5, 0.6) is 0 Å². The van der Waals surface area contributed by atoms with Crippen LogP contribution in [0.15, 0.2) is 0 Å². The Morgan fingerprint density at radius 1 is 1.36 bits per heavy atom. The van der Waals surface area contributed by atoms with E-state index in [0.717, 1.165) is 12.8 Å². The van der Waals surface area contributed by atoms with Gasteiger partial charge in [-0.05, 0) is 26.7 Å². The predicted molar refractivity (Wildman–Crippen MR) is 51.0 cm³/mol. The molecule has 1 rings (SSSR count). The predicted octanol–water partition coefficient (Wildman–Crippen LogP) is 1.13. The van der Waals surface area contributed by atoms with Crippen LogP contribution < -0.4 is 0 Å². The highest BCUT2D eigenvalue weighted by molar-refractivity contribution is 5.84. The normalized spacial score (nSPS) is 35.4. The number of carbonyl (C=O) groups excluding carboxylic acids is 1. The average molecular weight is 202 g/mol. The fourth-order valence-electron chi connectivity index (χ4n) is 1.72. The van der Waals surface area contributed by atoms with Crippen molar-refractivity contribution in [2.24, 2.45) is 0 Å². The smallest absolute Gasteiger partial charge is 0.340 e. The lowest BCUT2D eigenvalue weighted by Gasteiger charge is -2.09. The zero-order valence-corrected chi connectivity index (χ0v) is 9.25. The molecule has 0 N–H and O–H groups in total. The van der Waals surface area contributed by atoms with Crippen molar-refractivity contribution in [2.45, 2.75) is 37.9 Å². The van der Waals surface area contributed by atoms with Crippen molar-refractivity contribution < 1.29 is 19.0 Å². The van der Waals surface area contributed by atoms with E-state index in [-0.39, 0.29) is 11.6 Å². The average Bonchev–Trinajstić information content (AvgIpc) is 2.70. The molecule has 14 heavy (non-hydrogen) atoms. The molecule has 1 aliphatic rings. The minimum absolute atomic E-state index is 0.294. The first kappa shape index (κ1) is 11.5. The summed E-state index contributed by atoms with van der Waals surface area (Å²) < 4.78 is 15.1. The van der Waals surface area contributed by atoms with Crippen LogP contribution in [0.1, 0.15) is 26.7 Å². The van der Waals surface area contributed by atoms with Crippen molar-refractivity contribution in [3.05, 3.63) is 0 Å². The maximum atomic E-state index is 11.4. The van der Waals surface area contributed by atoms with Gasteiger partial charge < -0.3 is 14.2 Å². The molecule has 82 valence electrons. The molecule has 0 spiro atoms. The molecule has 1 heterocycles. The number of ether oxygens (including phenoxy) is 3. The Hall–Kier alpha value is -0.610. The molecule has 4 nitrogen and oxygen atoms in total. The van der Waals surface area contributed by atoms with Gasteiger partial charge in [-0.2, -0.15) is 0 Å². The van der Waals surface area contributed by atoms with E-state index in [9.17, 15) is 4.79 Å². The van der Waals surface area contributed by atoms with Crippen LogP contribution in [0.4, 0.5) is 0 Å². The van der Waals surface area contributed by atoms with Gasteiger partial charge in [0.25, 0.3) is 0 Å². The number of epoxide rings is 1. The first-order chi connectivity index (χ1) is 6.50. The third-order valence-electron chi connectivity index (χ3n) is 2.97. The van der Waals surface area contributed by atoms with Gasteiger partial charge in [0.2, 0.25) is 0 Å². The van der Waals surface area contributed by atoms with E-state index >= 15 is 0 Å². The van der Waals surface area contributed by atoms with Gasteiger partial charge >= 0.3 is 5.97 Å². The maximum Gasteiger partial charge on any atom is 0.340 e. The summed E-state index contributed by atoms with van der Waals surface area (Å²) in [4.78, 5) is 11.4. The molecule has 4 heteroatoms. The van der Waals surface area contributed by atoms with Crippen molar-refractivity contribution in [1.82, 2.24) is 0 Å². The van der Waals surface area contributed by atoms with E-state index in [1.165, 1.54) is 7.11 Å². The SMILES string of the molecule is COCCCC1(C)OC1(C)C(=O)OC. The van der Waals surface area contributed by atoms with E-state index in [1.54, 1.807) is 14.0 Å². The van der Waals surface area contributed by atoms with Crippen LogP contribution in [0, 0.1) is 0 Å². The van der Waals surface area contributed by atoms with Gasteiger partial charge in [0.15, 0.2) is 5.60 Å². The zero-order valence-electron chi connectivity index (χ0n) is 9.25. The van der Waals surface area contributed by atoms with Gasteiger partial charge in [0, 0.05) is 13.7 Å². The zero-order chi connectivity index (χ0) is 10.8. The van der Waals surface area contributed by atoms with Crippen molar-refractivity contribution in [3.63, 3.8) is 0 Å². The van der Waals surface area contributed by atoms with Crippen molar-refractivity contribution in [1.29, 1.82) is 0 Å². The highest BCUT2D eigenvalue weighted by Crippen LogP contribution is 2.51. The Bertz CT molecular complexity index is 228. The van der Waals surface area contributed by atoms with Crippen molar-refractivity contribution in [2.75, 3.05) is 20.8 Å². The highest BCUT2D eigenvalue weighted by atomic mass is 16.7. The molecule has 0 saturated carbocycles. The molecule has 1 aliphatic heterocycles. The Balaban J connectivity index is 2.44. The molecule has 0 bridgehead atoms. The van der Waals surface area contributed by atoms with Gasteiger partial charge in [-0.15, -0.1) is 0 Å². The summed E-state index contributed by atoms with van der Waals surface area (Å²) in [6.07, 6.45) is 1.70. The second-order valence-electron chi connectivity index (χ2n) is 3.95. The fourth-order valence-corrected chi connectivity index (χ4v) is 1.72. The Morgan fingerprint density at radius 3 is 2.50 bits per heavy atom. The Kier molecular flexibility index (Phi) is 3.17. The van der Waals surface area contributed by atoms with Gasteiger partial charge in [0.05, 0.1) is 7.11 Å². The van der Waals surface area contributed by atoms with Gasteiger partial charge in [-0.3, -0.25) is 0 Å². The van der Waals surface area contributed by atoms with Crippen LogP contribution in [-0.2, 0) is 19.0 Å². The second-order valence-corrected chi connectivity index (χ2v) is 3.95. The third kappa shape index (κ3) is 1.77. The lowest BCUT2D eigenvalue weighted by molar-refractivity contribution is -0.146. The first-order valence-electron chi connectivity index (χ1n) is 4.78. The number of carbonyl (C=O) groups is 1. The van der Waals surface area contributed by atoms with Crippen molar-refractivity contribution >= 4 is 5.97 Å². The highest BCUT2D eigenvalue weighted by Gasteiger charge is 2.68. The van der Waals surface area contributed by atoms with E-state index in [0.29, 0.717) is 6.61 Å². The fraction of sp³-hybridized carbons (Fsp3) is 0.900. The second kappa shape index (κ2) is 3.87. The quantitative estimate of drug-likeness (QED) is 0.381. The number of methoxy groups -OCH3 is 2. The summed E-state index contributed by atoms with van der Waals surface area (Å²) in [6, 6.07) is 0. The van der Waals surface area contributed by atoms with Crippen LogP contribution in [-0.4, -0.2) is 38.0 Å². The summed E-state index contributed by atoms with van der Waals surface area (Å²) in [6.45, 7) is 4.39. The molecule has 0 aromatic rings. The number of hydrogen-bond acceptors (Lipinski definition) is 4. The van der Waals surface area contributed by atoms with E-state index in [4.69, 9.17) is 9.47 Å². The molecule has 0 aromatic carbocycles. The van der Waals surface area contributed by atoms with Crippen LogP contribution >= 0.6 is 0 Å².